The predicted molar refractivity (Wildman–Crippen MR) is 65.7 cm³/mol. The van der Waals surface area contributed by atoms with Gasteiger partial charge in [0.25, 0.3) is 0 Å². The molecule has 0 radical (unpaired) electrons. The van der Waals surface area contributed by atoms with Crippen LogP contribution in [0.25, 0.3) is 0 Å². The van der Waals surface area contributed by atoms with Gasteiger partial charge >= 0.3 is 5.97 Å². The van der Waals surface area contributed by atoms with E-state index in [4.69, 9.17) is 27.9 Å². The number of benzene rings is 1. The van der Waals surface area contributed by atoms with E-state index < -0.39 is 5.97 Å². The first kappa shape index (κ1) is 11.5. The van der Waals surface area contributed by atoms with E-state index in [0.717, 1.165) is 0 Å². The van der Waals surface area contributed by atoms with Crippen molar-refractivity contribution in [3.8, 4) is 5.75 Å². The van der Waals surface area contributed by atoms with Gasteiger partial charge in [-0.25, -0.2) is 4.79 Å². The van der Waals surface area contributed by atoms with Crippen molar-refractivity contribution in [1.82, 2.24) is 0 Å². The number of thiophene rings is 1. The summed E-state index contributed by atoms with van der Waals surface area (Å²) in [5.41, 5.74) is 0. The molecule has 0 aliphatic carbocycles. The molecule has 2 aromatic rings. The lowest BCUT2D eigenvalue weighted by Crippen LogP contribution is -2.06. The third-order valence-electron chi connectivity index (χ3n) is 1.82. The number of rotatable bonds is 2. The van der Waals surface area contributed by atoms with E-state index in [1.807, 2.05) is 5.38 Å². The molecule has 2 rings (SSSR count). The number of esters is 1. The Morgan fingerprint density at radius 1 is 1.19 bits per heavy atom. The number of halogens is 2. The molecule has 5 heteroatoms. The summed E-state index contributed by atoms with van der Waals surface area (Å²) in [4.78, 5) is 12.1. The lowest BCUT2D eigenvalue weighted by molar-refractivity contribution is 0.0740. The molecule has 0 spiro atoms. The van der Waals surface area contributed by atoms with Crippen molar-refractivity contribution in [1.29, 1.82) is 0 Å². The average Bonchev–Trinajstić information content (AvgIpc) is 2.77. The summed E-state index contributed by atoms with van der Waals surface area (Å²) in [6, 6.07) is 8.18. The maximum atomic E-state index is 11.6. The first-order valence-corrected chi connectivity index (χ1v) is 6.01. The molecule has 16 heavy (non-hydrogen) atoms. The zero-order chi connectivity index (χ0) is 11.5. The molecular weight excluding hydrogens is 267 g/mol. The molecule has 0 aliphatic rings. The first-order valence-electron chi connectivity index (χ1n) is 4.37. The minimum Gasteiger partial charge on any atom is -0.422 e. The topological polar surface area (TPSA) is 26.3 Å². The monoisotopic (exact) mass is 272 g/mol. The third-order valence-corrected chi connectivity index (χ3v) is 3.41. The van der Waals surface area contributed by atoms with E-state index in [1.165, 1.54) is 17.4 Å². The van der Waals surface area contributed by atoms with Crippen LogP contribution in [0.4, 0.5) is 0 Å². The lowest BCUT2D eigenvalue weighted by atomic mass is 10.3. The molecular formula is C11H6Cl2O2S. The first-order chi connectivity index (χ1) is 7.66. The van der Waals surface area contributed by atoms with Crippen LogP contribution in [-0.4, -0.2) is 5.97 Å². The average molecular weight is 273 g/mol. The van der Waals surface area contributed by atoms with Crippen LogP contribution >= 0.6 is 34.5 Å². The van der Waals surface area contributed by atoms with E-state index in [0.29, 0.717) is 20.7 Å². The van der Waals surface area contributed by atoms with E-state index >= 15 is 0 Å². The van der Waals surface area contributed by atoms with Crippen LogP contribution in [0, 0.1) is 0 Å². The summed E-state index contributed by atoms with van der Waals surface area (Å²) in [7, 11) is 0. The molecule has 0 aliphatic heterocycles. The number of carbonyl (C=O) groups excluding carboxylic acids is 1. The zero-order valence-electron chi connectivity index (χ0n) is 7.94. The number of ether oxygens (including phenoxy) is 1. The fourth-order valence-electron chi connectivity index (χ4n) is 1.09. The maximum Gasteiger partial charge on any atom is 0.353 e. The molecule has 1 heterocycles. The Bertz CT molecular complexity index is 509. The minimum atomic E-state index is -0.395. The van der Waals surface area contributed by atoms with Gasteiger partial charge in [0.15, 0.2) is 0 Å². The Morgan fingerprint density at radius 2 is 2.00 bits per heavy atom. The van der Waals surface area contributed by atoms with E-state index in [2.05, 4.69) is 0 Å². The summed E-state index contributed by atoms with van der Waals surface area (Å²) in [6.45, 7) is 0. The molecule has 0 saturated carbocycles. The quantitative estimate of drug-likeness (QED) is 0.603. The molecule has 0 amide bonds. The van der Waals surface area contributed by atoms with Crippen LogP contribution in [0.3, 0.4) is 0 Å². The highest BCUT2D eigenvalue weighted by molar-refractivity contribution is 7.12. The molecule has 1 aromatic heterocycles. The summed E-state index contributed by atoms with van der Waals surface area (Å²) in [5.74, 6) is -0.0128. The Morgan fingerprint density at radius 3 is 2.62 bits per heavy atom. The molecule has 1 aromatic carbocycles. The third kappa shape index (κ3) is 2.55. The van der Waals surface area contributed by atoms with Crippen molar-refractivity contribution in [3.05, 3.63) is 50.6 Å². The zero-order valence-corrected chi connectivity index (χ0v) is 10.3. The Kier molecular flexibility index (Phi) is 3.49. The summed E-state index contributed by atoms with van der Waals surface area (Å²) in [6.07, 6.45) is 0. The van der Waals surface area contributed by atoms with E-state index in [1.54, 1.807) is 24.3 Å². The smallest absolute Gasteiger partial charge is 0.353 e. The van der Waals surface area contributed by atoms with Gasteiger partial charge in [-0.15, -0.1) is 11.3 Å². The highest BCUT2D eigenvalue weighted by Crippen LogP contribution is 2.27. The van der Waals surface area contributed by atoms with E-state index in [-0.39, 0.29) is 0 Å². The van der Waals surface area contributed by atoms with Gasteiger partial charge in [0.1, 0.15) is 10.6 Å². The van der Waals surface area contributed by atoms with Crippen molar-refractivity contribution in [2.75, 3.05) is 0 Å². The van der Waals surface area contributed by atoms with Crippen LogP contribution in [-0.2, 0) is 0 Å². The Balaban J connectivity index is 2.15. The number of hydrogen-bond acceptors (Lipinski definition) is 3. The van der Waals surface area contributed by atoms with Crippen LogP contribution in [0.15, 0.2) is 35.7 Å². The molecule has 0 N–H and O–H groups in total. The fraction of sp³-hybridized carbons (Fsp3) is 0. The fourth-order valence-corrected chi connectivity index (χ4v) is 1.98. The number of carbonyl (C=O) groups is 1. The minimum absolute atomic E-state index is 0.359. The van der Waals surface area contributed by atoms with Gasteiger partial charge in [-0.3, -0.25) is 0 Å². The summed E-state index contributed by atoms with van der Waals surface area (Å²) in [5, 5.41) is 2.60. The second-order valence-electron chi connectivity index (χ2n) is 2.94. The van der Waals surface area contributed by atoms with Gasteiger partial charge in [-0.2, -0.15) is 0 Å². The highest BCUT2D eigenvalue weighted by atomic mass is 35.5. The van der Waals surface area contributed by atoms with Gasteiger partial charge in [0.2, 0.25) is 0 Å². The largest absolute Gasteiger partial charge is 0.422 e. The Hall–Kier alpha value is -1.03. The predicted octanol–water partition coefficient (Wildman–Crippen LogP) is 4.27. The van der Waals surface area contributed by atoms with Crippen molar-refractivity contribution in [2.45, 2.75) is 0 Å². The van der Waals surface area contributed by atoms with Crippen molar-refractivity contribution in [2.24, 2.45) is 0 Å². The van der Waals surface area contributed by atoms with Crippen LogP contribution in [0.5, 0.6) is 5.75 Å². The summed E-state index contributed by atoms with van der Waals surface area (Å²) >= 11 is 12.9. The SMILES string of the molecule is O=C(Oc1ccc(Cl)c(Cl)c1)c1cccs1. The van der Waals surface area contributed by atoms with Gasteiger partial charge in [0, 0.05) is 6.07 Å². The molecule has 82 valence electrons. The van der Waals surface area contributed by atoms with Crippen LogP contribution < -0.4 is 4.74 Å². The van der Waals surface area contributed by atoms with Crippen molar-refractivity contribution in [3.63, 3.8) is 0 Å². The van der Waals surface area contributed by atoms with Crippen LogP contribution in [0.2, 0.25) is 10.0 Å². The normalized spacial score (nSPS) is 10.1. The van der Waals surface area contributed by atoms with Gasteiger partial charge in [-0.05, 0) is 23.6 Å². The maximum absolute atomic E-state index is 11.6. The molecule has 0 unspecified atom stereocenters. The second kappa shape index (κ2) is 4.87. The van der Waals surface area contributed by atoms with Crippen molar-refractivity contribution < 1.29 is 9.53 Å². The standard InChI is InChI=1S/C11H6Cl2O2S/c12-8-4-3-7(6-9(8)13)15-11(14)10-2-1-5-16-10/h1-6H. The van der Waals surface area contributed by atoms with Gasteiger partial charge in [0.05, 0.1) is 10.0 Å². The Labute approximate surface area is 106 Å². The summed E-state index contributed by atoms with van der Waals surface area (Å²) < 4.78 is 5.12. The molecule has 0 fully saturated rings. The highest BCUT2D eigenvalue weighted by Gasteiger charge is 2.10. The van der Waals surface area contributed by atoms with Crippen LogP contribution in [0.1, 0.15) is 9.67 Å². The molecule has 0 bridgehead atoms. The molecule has 0 atom stereocenters. The number of hydrogen-bond donors (Lipinski definition) is 0. The molecule has 0 saturated heterocycles. The lowest BCUT2D eigenvalue weighted by Gasteiger charge is -2.03. The van der Waals surface area contributed by atoms with Gasteiger partial charge in [-0.1, -0.05) is 29.3 Å². The second-order valence-corrected chi connectivity index (χ2v) is 4.70. The molecule has 2 nitrogen and oxygen atoms in total. The van der Waals surface area contributed by atoms with Gasteiger partial charge < -0.3 is 4.74 Å². The van der Waals surface area contributed by atoms with Crippen molar-refractivity contribution >= 4 is 40.5 Å². The van der Waals surface area contributed by atoms with E-state index in [9.17, 15) is 4.79 Å².